The molecule has 0 saturated carbocycles. The lowest BCUT2D eigenvalue weighted by atomic mass is 10.3. The maximum atomic E-state index is 10.1. The summed E-state index contributed by atoms with van der Waals surface area (Å²) in [6.45, 7) is 2.60. The maximum Gasteiger partial charge on any atom is 0.176 e. The van der Waals surface area contributed by atoms with E-state index in [4.69, 9.17) is 0 Å². The molecule has 5 heteroatoms. The van der Waals surface area contributed by atoms with Gasteiger partial charge in [0.05, 0.1) is 11.4 Å². The zero-order valence-corrected chi connectivity index (χ0v) is 10.5. The van der Waals surface area contributed by atoms with Gasteiger partial charge in [-0.2, -0.15) is 16.1 Å². The second-order valence-electron chi connectivity index (χ2n) is 4.03. The molecule has 0 radical (unpaired) electrons. The molecule has 1 N–H and O–H groups in total. The van der Waals surface area contributed by atoms with Crippen LogP contribution in [-0.2, 0) is 6.54 Å². The fraction of sp³-hybridized carbons (Fsp3) is 0.364. The van der Waals surface area contributed by atoms with E-state index in [9.17, 15) is 5.21 Å². The predicted octanol–water partition coefficient (Wildman–Crippen LogP) is 2.22. The Labute approximate surface area is 98.7 Å². The summed E-state index contributed by atoms with van der Waals surface area (Å²) in [5.74, 6) is 0.621. The molecule has 0 aliphatic rings. The van der Waals surface area contributed by atoms with Gasteiger partial charge in [0.2, 0.25) is 0 Å². The number of aromatic nitrogens is 2. The highest BCUT2D eigenvalue weighted by molar-refractivity contribution is 7.08. The highest BCUT2D eigenvalue weighted by atomic mass is 32.1. The summed E-state index contributed by atoms with van der Waals surface area (Å²) in [5, 5.41) is 14.0. The van der Waals surface area contributed by atoms with E-state index in [-0.39, 0.29) is 0 Å². The Morgan fingerprint density at radius 1 is 1.50 bits per heavy atom. The second-order valence-corrected chi connectivity index (χ2v) is 4.81. The summed E-state index contributed by atoms with van der Waals surface area (Å²) in [7, 11) is 3.94. The van der Waals surface area contributed by atoms with E-state index in [0.717, 1.165) is 17.0 Å². The van der Waals surface area contributed by atoms with Gasteiger partial charge in [-0.15, -0.1) is 0 Å². The molecule has 4 nitrogen and oxygen atoms in total. The van der Waals surface area contributed by atoms with E-state index in [1.807, 2.05) is 42.7 Å². The first kappa shape index (κ1) is 11.2. The molecular weight excluding hydrogens is 222 g/mol. The van der Waals surface area contributed by atoms with E-state index in [0.29, 0.717) is 12.4 Å². The zero-order valence-electron chi connectivity index (χ0n) is 9.64. The summed E-state index contributed by atoms with van der Waals surface area (Å²) < 4.78 is 1.19. The predicted molar refractivity (Wildman–Crippen MR) is 64.9 cm³/mol. The van der Waals surface area contributed by atoms with Crippen LogP contribution in [0.2, 0.25) is 0 Å². The van der Waals surface area contributed by atoms with Crippen molar-refractivity contribution in [3.8, 4) is 11.4 Å². The van der Waals surface area contributed by atoms with Crippen LogP contribution in [0.5, 0.6) is 0 Å². The SMILES string of the molecule is Cc1nc(-c2ccsc2)n(O)c1CN(C)C. The van der Waals surface area contributed by atoms with E-state index in [2.05, 4.69) is 4.98 Å². The van der Waals surface area contributed by atoms with Crippen molar-refractivity contribution < 1.29 is 5.21 Å². The molecule has 0 saturated heterocycles. The Morgan fingerprint density at radius 2 is 2.25 bits per heavy atom. The minimum Gasteiger partial charge on any atom is -0.427 e. The minimum absolute atomic E-state index is 0.621. The van der Waals surface area contributed by atoms with Gasteiger partial charge in [0.25, 0.3) is 0 Å². The molecule has 0 bridgehead atoms. The maximum absolute atomic E-state index is 10.1. The van der Waals surface area contributed by atoms with Gasteiger partial charge in [0, 0.05) is 17.5 Å². The van der Waals surface area contributed by atoms with Crippen molar-refractivity contribution in [1.29, 1.82) is 0 Å². The standard InChI is InChI=1S/C11H15N3OS/c1-8-10(6-13(2)3)14(15)11(12-8)9-4-5-16-7-9/h4-5,7,15H,6H2,1-3H3. The van der Waals surface area contributed by atoms with Gasteiger partial charge in [-0.25, -0.2) is 4.98 Å². The van der Waals surface area contributed by atoms with Gasteiger partial charge in [-0.3, -0.25) is 0 Å². The van der Waals surface area contributed by atoms with Crippen molar-refractivity contribution in [2.45, 2.75) is 13.5 Å². The summed E-state index contributed by atoms with van der Waals surface area (Å²) in [5.41, 5.74) is 2.67. The number of rotatable bonds is 3. The number of imidazole rings is 1. The van der Waals surface area contributed by atoms with E-state index in [1.165, 1.54) is 4.73 Å². The first-order valence-electron chi connectivity index (χ1n) is 5.04. The van der Waals surface area contributed by atoms with Gasteiger partial charge in [0.1, 0.15) is 0 Å². The highest BCUT2D eigenvalue weighted by Crippen LogP contribution is 2.23. The van der Waals surface area contributed by atoms with Gasteiger partial charge in [-0.1, -0.05) is 0 Å². The number of hydrogen-bond donors (Lipinski definition) is 1. The summed E-state index contributed by atoms with van der Waals surface area (Å²) in [4.78, 5) is 6.41. The Morgan fingerprint density at radius 3 is 2.81 bits per heavy atom. The van der Waals surface area contributed by atoms with Crippen LogP contribution in [0, 0.1) is 6.92 Å². The lowest BCUT2D eigenvalue weighted by molar-refractivity contribution is 0.172. The smallest absolute Gasteiger partial charge is 0.176 e. The first-order chi connectivity index (χ1) is 7.59. The highest BCUT2D eigenvalue weighted by Gasteiger charge is 2.15. The van der Waals surface area contributed by atoms with Crippen molar-refractivity contribution >= 4 is 11.3 Å². The van der Waals surface area contributed by atoms with Crippen LogP contribution in [0.15, 0.2) is 16.8 Å². The molecule has 0 atom stereocenters. The molecule has 0 aliphatic carbocycles. The third kappa shape index (κ3) is 1.96. The average Bonchev–Trinajstić information content (AvgIpc) is 2.80. The molecule has 16 heavy (non-hydrogen) atoms. The minimum atomic E-state index is 0.621. The normalized spacial score (nSPS) is 11.2. The Bertz CT molecular complexity index is 474. The fourth-order valence-electron chi connectivity index (χ4n) is 1.61. The topological polar surface area (TPSA) is 41.3 Å². The fourth-order valence-corrected chi connectivity index (χ4v) is 2.25. The van der Waals surface area contributed by atoms with Crippen molar-refractivity contribution in [1.82, 2.24) is 14.6 Å². The quantitative estimate of drug-likeness (QED) is 0.832. The molecule has 0 spiro atoms. The molecule has 2 rings (SSSR count). The van der Waals surface area contributed by atoms with Crippen LogP contribution < -0.4 is 0 Å². The van der Waals surface area contributed by atoms with Crippen molar-refractivity contribution in [3.63, 3.8) is 0 Å². The Kier molecular flexibility index (Phi) is 2.98. The van der Waals surface area contributed by atoms with Crippen LogP contribution >= 0.6 is 11.3 Å². The molecule has 0 fully saturated rings. The van der Waals surface area contributed by atoms with Crippen LogP contribution in [0.25, 0.3) is 11.4 Å². The molecular formula is C11H15N3OS. The van der Waals surface area contributed by atoms with E-state index in [1.54, 1.807) is 11.3 Å². The lowest BCUT2D eigenvalue weighted by Gasteiger charge is -2.10. The van der Waals surface area contributed by atoms with Crippen molar-refractivity contribution in [2.24, 2.45) is 0 Å². The van der Waals surface area contributed by atoms with Crippen LogP contribution in [0.4, 0.5) is 0 Å². The van der Waals surface area contributed by atoms with Crippen LogP contribution in [0.3, 0.4) is 0 Å². The van der Waals surface area contributed by atoms with Gasteiger partial charge < -0.3 is 10.1 Å². The van der Waals surface area contributed by atoms with Crippen LogP contribution in [-0.4, -0.2) is 33.9 Å². The summed E-state index contributed by atoms with van der Waals surface area (Å²) in [6, 6.07) is 1.96. The second kappa shape index (κ2) is 4.27. The Hall–Kier alpha value is -1.33. The number of aryl methyl sites for hydroxylation is 1. The summed E-state index contributed by atoms with van der Waals surface area (Å²) in [6.07, 6.45) is 0. The zero-order chi connectivity index (χ0) is 11.7. The number of thiophene rings is 1. The van der Waals surface area contributed by atoms with Gasteiger partial charge in [0.15, 0.2) is 5.82 Å². The lowest BCUT2D eigenvalue weighted by Crippen LogP contribution is -2.14. The third-order valence-electron chi connectivity index (χ3n) is 2.39. The van der Waals surface area contributed by atoms with E-state index < -0.39 is 0 Å². The van der Waals surface area contributed by atoms with Gasteiger partial charge >= 0.3 is 0 Å². The van der Waals surface area contributed by atoms with Crippen LogP contribution in [0.1, 0.15) is 11.4 Å². The van der Waals surface area contributed by atoms with Gasteiger partial charge in [-0.05, 0) is 32.5 Å². The summed E-state index contributed by atoms with van der Waals surface area (Å²) >= 11 is 1.60. The molecule has 0 unspecified atom stereocenters. The molecule has 2 aromatic rings. The third-order valence-corrected chi connectivity index (χ3v) is 3.08. The molecule has 2 aromatic heterocycles. The molecule has 86 valence electrons. The average molecular weight is 237 g/mol. The largest absolute Gasteiger partial charge is 0.427 e. The number of hydrogen-bond acceptors (Lipinski definition) is 4. The first-order valence-corrected chi connectivity index (χ1v) is 5.98. The van der Waals surface area contributed by atoms with E-state index >= 15 is 0 Å². The monoisotopic (exact) mass is 237 g/mol. The van der Waals surface area contributed by atoms with Crippen molar-refractivity contribution in [3.05, 3.63) is 28.2 Å². The number of nitrogens with zero attached hydrogens (tertiary/aromatic N) is 3. The molecule has 0 aromatic carbocycles. The molecule has 0 aliphatic heterocycles. The Balaban J connectivity index is 2.43. The van der Waals surface area contributed by atoms with Crippen molar-refractivity contribution in [2.75, 3.05) is 14.1 Å². The molecule has 2 heterocycles. The molecule has 0 amide bonds.